The summed E-state index contributed by atoms with van der Waals surface area (Å²) >= 11 is 1.20. The molecule has 0 unspecified atom stereocenters. The van der Waals surface area contributed by atoms with E-state index in [-0.39, 0.29) is 12.5 Å². The van der Waals surface area contributed by atoms with Gasteiger partial charge in [0.05, 0.1) is 23.9 Å². The van der Waals surface area contributed by atoms with Gasteiger partial charge in [-0.15, -0.1) is 11.3 Å². The molecule has 0 aliphatic heterocycles. The first-order valence-electron chi connectivity index (χ1n) is 8.99. The summed E-state index contributed by atoms with van der Waals surface area (Å²) in [6.45, 7) is 6.52. The average molecular weight is 391 g/mol. The third kappa shape index (κ3) is 5.03. The maximum absolute atomic E-state index is 12.8. The summed E-state index contributed by atoms with van der Waals surface area (Å²) in [6.07, 6.45) is 3.50. The van der Waals surface area contributed by atoms with Gasteiger partial charge < -0.3 is 15.0 Å². The van der Waals surface area contributed by atoms with Crippen LogP contribution in [0.2, 0.25) is 0 Å². The summed E-state index contributed by atoms with van der Waals surface area (Å²) in [5.74, 6) is -0.644. The number of aliphatic imine (C=N–C) groups is 1. The predicted molar refractivity (Wildman–Crippen MR) is 109 cm³/mol. The topological polar surface area (TPSA) is 83.9 Å². The third-order valence-corrected chi connectivity index (χ3v) is 4.76. The zero-order valence-electron chi connectivity index (χ0n) is 16.5. The van der Waals surface area contributed by atoms with Crippen LogP contribution >= 0.6 is 11.3 Å². The van der Waals surface area contributed by atoms with Crippen molar-refractivity contribution in [3.8, 4) is 0 Å². The minimum atomic E-state index is -0.457. The van der Waals surface area contributed by atoms with Gasteiger partial charge in [0, 0.05) is 26.3 Å². The number of carbonyl (C=O) groups excluding carboxylic acids is 2. The highest BCUT2D eigenvalue weighted by Gasteiger charge is 2.25. The SMILES string of the molecule is CCCCNC(=O)c1cc(C)nc2sc(C(=O)OCC)c(N=CN(C)C)c12. The molecule has 1 N–H and O–H groups in total. The third-order valence-electron chi connectivity index (χ3n) is 3.70. The Hall–Kier alpha value is -2.48. The fraction of sp³-hybridized carbons (Fsp3) is 0.474. The number of carbonyl (C=O) groups is 2. The average Bonchev–Trinajstić information content (AvgIpc) is 2.97. The van der Waals surface area contributed by atoms with Gasteiger partial charge in [-0.3, -0.25) is 4.79 Å². The van der Waals surface area contributed by atoms with E-state index in [1.165, 1.54) is 11.3 Å². The lowest BCUT2D eigenvalue weighted by Crippen LogP contribution is -2.24. The predicted octanol–water partition coefficient (Wildman–Crippen LogP) is 3.53. The Bertz CT molecular complexity index is 858. The molecular formula is C19H26N4O3S. The standard InChI is InChI=1S/C19H26N4O3S/c1-6-8-9-20-17(24)13-10-12(3)22-18-14(13)15(21-11-23(4)5)16(27-18)19(25)26-7-2/h10-11H,6-9H2,1-5H3,(H,20,24). The molecule has 0 saturated heterocycles. The van der Waals surface area contributed by atoms with Gasteiger partial charge in [-0.05, 0) is 26.3 Å². The lowest BCUT2D eigenvalue weighted by molar-refractivity contribution is 0.0533. The molecule has 0 bridgehead atoms. The lowest BCUT2D eigenvalue weighted by Gasteiger charge is -2.08. The molecule has 0 radical (unpaired) electrons. The Morgan fingerprint density at radius 1 is 1.37 bits per heavy atom. The second-order valence-corrected chi connectivity index (χ2v) is 7.31. The summed E-state index contributed by atoms with van der Waals surface area (Å²) < 4.78 is 5.17. The maximum atomic E-state index is 12.8. The monoisotopic (exact) mass is 390 g/mol. The number of hydrogen-bond donors (Lipinski definition) is 1. The molecule has 27 heavy (non-hydrogen) atoms. The van der Waals surface area contributed by atoms with E-state index in [1.54, 1.807) is 24.2 Å². The van der Waals surface area contributed by atoms with Crippen molar-refractivity contribution in [2.45, 2.75) is 33.6 Å². The second-order valence-electron chi connectivity index (χ2n) is 6.31. The van der Waals surface area contributed by atoms with Gasteiger partial charge in [0.25, 0.3) is 5.91 Å². The van der Waals surface area contributed by atoms with E-state index in [2.05, 4.69) is 22.2 Å². The first-order valence-corrected chi connectivity index (χ1v) is 9.80. The van der Waals surface area contributed by atoms with Crippen LogP contribution in [-0.4, -0.2) is 55.3 Å². The number of aromatic nitrogens is 1. The van der Waals surface area contributed by atoms with Crippen molar-refractivity contribution in [2.24, 2.45) is 4.99 Å². The van der Waals surface area contributed by atoms with Crippen LogP contribution < -0.4 is 5.32 Å². The van der Waals surface area contributed by atoms with Crippen LogP contribution in [0.3, 0.4) is 0 Å². The Labute approximate surface area is 163 Å². The smallest absolute Gasteiger partial charge is 0.350 e. The van der Waals surface area contributed by atoms with Crippen LogP contribution in [0.4, 0.5) is 5.69 Å². The molecule has 2 rings (SSSR count). The molecule has 8 heteroatoms. The maximum Gasteiger partial charge on any atom is 0.350 e. The van der Waals surface area contributed by atoms with Crippen molar-refractivity contribution in [1.82, 2.24) is 15.2 Å². The summed E-state index contributed by atoms with van der Waals surface area (Å²) in [4.78, 5) is 36.9. The van der Waals surface area contributed by atoms with Crippen LogP contribution in [0.25, 0.3) is 10.2 Å². The number of ether oxygens (including phenoxy) is 1. The summed E-state index contributed by atoms with van der Waals surface area (Å²) in [7, 11) is 3.67. The van der Waals surface area contributed by atoms with Crippen LogP contribution in [-0.2, 0) is 4.74 Å². The number of amides is 1. The highest BCUT2D eigenvalue weighted by Crippen LogP contribution is 2.39. The van der Waals surface area contributed by atoms with Gasteiger partial charge in [0.15, 0.2) is 0 Å². The highest BCUT2D eigenvalue weighted by atomic mass is 32.1. The Balaban J connectivity index is 2.64. The number of fused-ring (bicyclic) bond motifs is 1. The quantitative estimate of drug-likeness (QED) is 0.323. The lowest BCUT2D eigenvalue weighted by atomic mass is 10.1. The Morgan fingerprint density at radius 2 is 2.11 bits per heavy atom. The van der Waals surface area contributed by atoms with Gasteiger partial charge >= 0.3 is 5.97 Å². The van der Waals surface area contributed by atoms with E-state index >= 15 is 0 Å². The summed E-state index contributed by atoms with van der Waals surface area (Å²) in [6, 6.07) is 1.74. The number of unbranched alkanes of at least 4 members (excludes halogenated alkanes) is 1. The zero-order chi connectivity index (χ0) is 20.0. The van der Waals surface area contributed by atoms with Crippen LogP contribution in [0.15, 0.2) is 11.1 Å². The van der Waals surface area contributed by atoms with Gasteiger partial charge in [-0.2, -0.15) is 0 Å². The molecule has 1 amide bonds. The molecule has 0 aliphatic rings. The molecular weight excluding hydrogens is 364 g/mol. The van der Waals surface area contributed by atoms with E-state index < -0.39 is 5.97 Å². The molecule has 146 valence electrons. The van der Waals surface area contributed by atoms with Crippen molar-refractivity contribution in [3.05, 3.63) is 22.2 Å². The molecule has 7 nitrogen and oxygen atoms in total. The largest absolute Gasteiger partial charge is 0.462 e. The molecule has 0 fully saturated rings. The first-order chi connectivity index (χ1) is 12.9. The van der Waals surface area contributed by atoms with Gasteiger partial charge in [-0.25, -0.2) is 14.8 Å². The number of aryl methyl sites for hydroxylation is 1. The molecule has 2 aromatic heterocycles. The number of hydrogen-bond acceptors (Lipinski definition) is 6. The minimum absolute atomic E-state index is 0.187. The molecule has 0 atom stereocenters. The normalized spacial score (nSPS) is 11.1. The van der Waals surface area contributed by atoms with Crippen LogP contribution in [0.1, 0.15) is 52.4 Å². The first kappa shape index (κ1) is 20.8. The fourth-order valence-corrected chi connectivity index (χ4v) is 3.58. The molecule has 0 aromatic carbocycles. The van der Waals surface area contributed by atoms with E-state index in [0.717, 1.165) is 12.8 Å². The van der Waals surface area contributed by atoms with Crippen LogP contribution in [0.5, 0.6) is 0 Å². The number of esters is 1. The van der Waals surface area contributed by atoms with Crippen molar-refractivity contribution < 1.29 is 14.3 Å². The van der Waals surface area contributed by atoms with E-state index in [4.69, 9.17) is 4.74 Å². The Morgan fingerprint density at radius 3 is 2.74 bits per heavy atom. The van der Waals surface area contributed by atoms with Crippen molar-refractivity contribution in [1.29, 1.82) is 0 Å². The molecule has 2 aromatic rings. The molecule has 0 aliphatic carbocycles. The number of thiophene rings is 1. The Kier molecular flexibility index (Phi) is 7.29. The van der Waals surface area contributed by atoms with Crippen molar-refractivity contribution >= 4 is 45.5 Å². The number of nitrogens with one attached hydrogen (secondary N) is 1. The highest BCUT2D eigenvalue weighted by molar-refractivity contribution is 7.21. The zero-order valence-corrected chi connectivity index (χ0v) is 17.3. The molecule has 0 spiro atoms. The minimum Gasteiger partial charge on any atom is -0.462 e. The number of pyridine rings is 1. The van der Waals surface area contributed by atoms with E-state index in [0.29, 0.717) is 38.6 Å². The van der Waals surface area contributed by atoms with E-state index in [9.17, 15) is 9.59 Å². The fourth-order valence-electron chi connectivity index (χ4n) is 2.49. The number of nitrogens with zero attached hydrogens (tertiary/aromatic N) is 3. The summed E-state index contributed by atoms with van der Waals surface area (Å²) in [5.41, 5.74) is 1.62. The van der Waals surface area contributed by atoms with E-state index in [1.807, 2.05) is 21.0 Å². The van der Waals surface area contributed by atoms with Crippen molar-refractivity contribution in [3.63, 3.8) is 0 Å². The van der Waals surface area contributed by atoms with Gasteiger partial charge in [0.2, 0.25) is 0 Å². The van der Waals surface area contributed by atoms with Gasteiger partial charge in [-0.1, -0.05) is 13.3 Å². The summed E-state index contributed by atoms with van der Waals surface area (Å²) in [5, 5.41) is 3.52. The van der Waals surface area contributed by atoms with Crippen molar-refractivity contribution in [2.75, 3.05) is 27.2 Å². The van der Waals surface area contributed by atoms with Crippen LogP contribution in [0, 0.1) is 6.92 Å². The molecule has 2 heterocycles. The molecule has 0 saturated carbocycles. The van der Waals surface area contributed by atoms with Gasteiger partial charge in [0.1, 0.15) is 15.4 Å². The second kappa shape index (κ2) is 9.45. The number of rotatable bonds is 8.